The number of rotatable bonds is 3. The van der Waals surface area contributed by atoms with Crippen LogP contribution in [-0.2, 0) is 4.79 Å². The van der Waals surface area contributed by atoms with Gasteiger partial charge in [-0.15, -0.1) is 0 Å². The van der Waals surface area contributed by atoms with Gasteiger partial charge in [-0.2, -0.15) is 0 Å². The van der Waals surface area contributed by atoms with Crippen molar-refractivity contribution >= 4 is 11.5 Å². The first-order chi connectivity index (χ1) is 7.27. The maximum absolute atomic E-state index is 11.4. The SMILES string of the molecule is CC(=O)[C@H]1CCC[C@@H]1Nc1ccccc1. The number of Topliss-reactive ketones (excluding diaryl/α,β-unsaturated/α-hetero) is 1. The third-order valence-corrected chi connectivity index (χ3v) is 3.16. The van der Waals surface area contributed by atoms with Gasteiger partial charge in [-0.05, 0) is 31.9 Å². The Labute approximate surface area is 90.7 Å². The lowest BCUT2D eigenvalue weighted by Gasteiger charge is -2.19. The third kappa shape index (κ3) is 2.38. The van der Waals surface area contributed by atoms with Crippen LogP contribution in [0.4, 0.5) is 5.69 Å². The van der Waals surface area contributed by atoms with E-state index in [9.17, 15) is 4.79 Å². The molecule has 1 N–H and O–H groups in total. The highest BCUT2D eigenvalue weighted by molar-refractivity contribution is 5.79. The molecule has 2 rings (SSSR count). The van der Waals surface area contributed by atoms with Crippen LogP contribution < -0.4 is 5.32 Å². The van der Waals surface area contributed by atoms with Crippen LogP contribution in [0.25, 0.3) is 0 Å². The average Bonchev–Trinajstić information content (AvgIpc) is 2.67. The summed E-state index contributed by atoms with van der Waals surface area (Å²) in [4.78, 5) is 11.4. The standard InChI is InChI=1S/C13H17NO/c1-10(15)12-8-5-9-13(12)14-11-6-3-2-4-7-11/h2-4,6-7,12-14H,5,8-9H2,1H3/t12-,13+/m1/s1. The summed E-state index contributed by atoms with van der Waals surface area (Å²) in [5, 5.41) is 3.45. The van der Waals surface area contributed by atoms with Gasteiger partial charge < -0.3 is 5.32 Å². The summed E-state index contributed by atoms with van der Waals surface area (Å²) in [6, 6.07) is 10.5. The Bertz CT molecular complexity index is 334. The number of carbonyl (C=O) groups is 1. The van der Waals surface area contributed by atoms with E-state index >= 15 is 0 Å². The molecule has 0 radical (unpaired) electrons. The Balaban J connectivity index is 2.03. The molecule has 1 fully saturated rings. The zero-order valence-corrected chi connectivity index (χ0v) is 9.07. The summed E-state index contributed by atoms with van der Waals surface area (Å²) in [7, 11) is 0. The molecule has 1 aliphatic rings. The first-order valence-corrected chi connectivity index (χ1v) is 5.59. The molecular weight excluding hydrogens is 186 g/mol. The van der Waals surface area contributed by atoms with Crippen LogP contribution in [0.1, 0.15) is 26.2 Å². The van der Waals surface area contributed by atoms with Crippen LogP contribution in [0.3, 0.4) is 0 Å². The second-order valence-corrected chi connectivity index (χ2v) is 4.26. The molecule has 0 heterocycles. The molecule has 0 spiro atoms. The van der Waals surface area contributed by atoms with Crippen LogP contribution in [0.15, 0.2) is 30.3 Å². The van der Waals surface area contributed by atoms with Gasteiger partial charge >= 0.3 is 0 Å². The summed E-state index contributed by atoms with van der Waals surface area (Å²) in [5.74, 6) is 0.533. The number of benzene rings is 1. The van der Waals surface area contributed by atoms with Crippen LogP contribution >= 0.6 is 0 Å². The Morgan fingerprint density at radius 1 is 1.27 bits per heavy atom. The molecule has 0 aromatic heterocycles. The fourth-order valence-corrected chi connectivity index (χ4v) is 2.37. The zero-order valence-electron chi connectivity index (χ0n) is 9.07. The normalized spacial score (nSPS) is 25.1. The number of nitrogens with one attached hydrogen (secondary N) is 1. The summed E-state index contributed by atoms with van der Waals surface area (Å²) in [6.07, 6.45) is 3.31. The molecule has 0 bridgehead atoms. The number of ketones is 1. The van der Waals surface area contributed by atoms with E-state index in [1.54, 1.807) is 6.92 Å². The minimum atomic E-state index is 0.213. The van der Waals surface area contributed by atoms with Crippen molar-refractivity contribution in [2.24, 2.45) is 5.92 Å². The summed E-state index contributed by atoms with van der Waals surface area (Å²) in [5.41, 5.74) is 1.12. The lowest BCUT2D eigenvalue weighted by atomic mass is 9.99. The van der Waals surface area contributed by atoms with E-state index in [0.717, 1.165) is 24.9 Å². The highest BCUT2D eigenvalue weighted by Gasteiger charge is 2.30. The molecule has 15 heavy (non-hydrogen) atoms. The van der Waals surface area contributed by atoms with Crippen molar-refractivity contribution in [3.05, 3.63) is 30.3 Å². The van der Waals surface area contributed by atoms with Gasteiger partial charge in [0.05, 0.1) is 0 Å². The fraction of sp³-hybridized carbons (Fsp3) is 0.462. The molecule has 1 aromatic rings. The summed E-state index contributed by atoms with van der Waals surface area (Å²) < 4.78 is 0. The van der Waals surface area contributed by atoms with Crippen molar-refractivity contribution < 1.29 is 4.79 Å². The molecule has 2 nitrogen and oxygen atoms in total. The molecule has 2 heteroatoms. The topological polar surface area (TPSA) is 29.1 Å². The summed E-state index contributed by atoms with van der Waals surface area (Å²) >= 11 is 0. The smallest absolute Gasteiger partial charge is 0.134 e. The van der Waals surface area contributed by atoms with Gasteiger partial charge in [0.15, 0.2) is 0 Å². The predicted molar refractivity (Wildman–Crippen MR) is 61.9 cm³/mol. The molecule has 0 amide bonds. The first kappa shape index (κ1) is 10.2. The minimum absolute atomic E-state index is 0.213. The molecule has 1 saturated carbocycles. The zero-order chi connectivity index (χ0) is 10.7. The van der Waals surface area contributed by atoms with Crippen molar-refractivity contribution in [3.8, 4) is 0 Å². The van der Waals surface area contributed by atoms with Crippen molar-refractivity contribution in [2.75, 3.05) is 5.32 Å². The van der Waals surface area contributed by atoms with Crippen LogP contribution in [0.5, 0.6) is 0 Å². The van der Waals surface area contributed by atoms with Gasteiger partial charge in [0.2, 0.25) is 0 Å². The average molecular weight is 203 g/mol. The van der Waals surface area contributed by atoms with Crippen molar-refractivity contribution in [1.29, 1.82) is 0 Å². The molecule has 2 atom stereocenters. The fourth-order valence-electron chi connectivity index (χ4n) is 2.37. The van der Waals surface area contributed by atoms with E-state index in [2.05, 4.69) is 17.4 Å². The van der Waals surface area contributed by atoms with E-state index in [0.29, 0.717) is 11.8 Å². The van der Waals surface area contributed by atoms with Gasteiger partial charge in [0.25, 0.3) is 0 Å². The van der Waals surface area contributed by atoms with E-state index in [4.69, 9.17) is 0 Å². The Morgan fingerprint density at radius 2 is 2.00 bits per heavy atom. The highest BCUT2D eigenvalue weighted by atomic mass is 16.1. The Kier molecular flexibility index (Phi) is 3.05. The first-order valence-electron chi connectivity index (χ1n) is 5.59. The second-order valence-electron chi connectivity index (χ2n) is 4.26. The predicted octanol–water partition coefficient (Wildman–Crippen LogP) is 2.86. The van der Waals surface area contributed by atoms with E-state index in [1.165, 1.54) is 0 Å². The maximum Gasteiger partial charge on any atom is 0.134 e. The molecule has 0 saturated heterocycles. The largest absolute Gasteiger partial charge is 0.382 e. The number of hydrogen-bond acceptors (Lipinski definition) is 2. The number of para-hydroxylation sites is 1. The Morgan fingerprint density at radius 3 is 2.67 bits per heavy atom. The highest BCUT2D eigenvalue weighted by Crippen LogP contribution is 2.29. The van der Waals surface area contributed by atoms with Gasteiger partial charge in [-0.25, -0.2) is 0 Å². The minimum Gasteiger partial charge on any atom is -0.382 e. The van der Waals surface area contributed by atoms with Crippen LogP contribution in [0, 0.1) is 5.92 Å². The van der Waals surface area contributed by atoms with E-state index < -0.39 is 0 Å². The van der Waals surface area contributed by atoms with Gasteiger partial charge in [0.1, 0.15) is 5.78 Å². The second kappa shape index (κ2) is 4.47. The summed E-state index contributed by atoms with van der Waals surface area (Å²) in [6.45, 7) is 1.70. The number of hydrogen-bond donors (Lipinski definition) is 1. The van der Waals surface area contributed by atoms with Crippen molar-refractivity contribution in [3.63, 3.8) is 0 Å². The van der Waals surface area contributed by atoms with Gasteiger partial charge in [-0.3, -0.25) is 4.79 Å². The molecule has 0 aliphatic heterocycles. The molecule has 1 aromatic carbocycles. The van der Waals surface area contributed by atoms with Crippen LogP contribution in [0.2, 0.25) is 0 Å². The van der Waals surface area contributed by atoms with Crippen LogP contribution in [-0.4, -0.2) is 11.8 Å². The van der Waals surface area contributed by atoms with Gasteiger partial charge in [0, 0.05) is 17.6 Å². The molecule has 80 valence electrons. The quantitative estimate of drug-likeness (QED) is 0.818. The molecule has 1 aliphatic carbocycles. The lowest BCUT2D eigenvalue weighted by Crippen LogP contribution is -2.28. The van der Waals surface area contributed by atoms with Gasteiger partial charge in [-0.1, -0.05) is 24.6 Å². The van der Waals surface area contributed by atoms with Crippen molar-refractivity contribution in [2.45, 2.75) is 32.2 Å². The van der Waals surface area contributed by atoms with Crippen molar-refractivity contribution in [1.82, 2.24) is 0 Å². The monoisotopic (exact) mass is 203 g/mol. The lowest BCUT2D eigenvalue weighted by molar-refractivity contribution is -0.120. The molecule has 0 unspecified atom stereocenters. The van der Waals surface area contributed by atoms with E-state index in [-0.39, 0.29) is 5.92 Å². The number of anilines is 1. The number of carbonyl (C=O) groups excluding carboxylic acids is 1. The Hall–Kier alpha value is -1.31. The maximum atomic E-state index is 11.4. The van der Waals surface area contributed by atoms with E-state index in [1.807, 2.05) is 18.2 Å². The molecular formula is C13H17NO. The third-order valence-electron chi connectivity index (χ3n) is 3.16.